The van der Waals surface area contributed by atoms with E-state index in [1.165, 1.54) is 50.8 Å². The highest BCUT2D eigenvalue weighted by atomic mass is 16.2. The summed E-state index contributed by atoms with van der Waals surface area (Å²) < 4.78 is 0. The van der Waals surface area contributed by atoms with Crippen molar-refractivity contribution in [3.05, 3.63) is 30.6 Å². The number of hydrogen-bond donors (Lipinski definition) is 1. The fraction of sp³-hybridized carbons (Fsp3) is 0.560. The lowest BCUT2D eigenvalue weighted by atomic mass is 9.87. The Balaban J connectivity index is 1.28. The van der Waals surface area contributed by atoms with Crippen LogP contribution in [0, 0.1) is 5.92 Å². The zero-order chi connectivity index (χ0) is 21.9. The summed E-state index contributed by atoms with van der Waals surface area (Å²) in [5, 5.41) is 4.48. The van der Waals surface area contributed by atoms with Crippen molar-refractivity contribution in [2.24, 2.45) is 5.92 Å². The third kappa shape index (κ3) is 4.44. The molecular formula is C25H33N5O2. The minimum absolute atomic E-state index is 0.221. The molecule has 2 aliphatic heterocycles. The van der Waals surface area contributed by atoms with E-state index in [2.05, 4.69) is 32.2 Å². The summed E-state index contributed by atoms with van der Waals surface area (Å²) >= 11 is 0. The molecule has 1 N–H and O–H groups in total. The van der Waals surface area contributed by atoms with Crippen LogP contribution >= 0.6 is 0 Å². The number of carbonyl (C=O) groups is 2. The number of anilines is 2. The van der Waals surface area contributed by atoms with Crippen LogP contribution in [0.3, 0.4) is 0 Å². The number of amides is 3. The largest absolute Gasteiger partial charge is 0.368 e. The van der Waals surface area contributed by atoms with Gasteiger partial charge in [0.1, 0.15) is 0 Å². The molecule has 5 rings (SSSR count). The molecule has 2 aromatic rings. The number of piperazine rings is 1. The highest BCUT2D eigenvalue weighted by Gasteiger charge is 2.27. The summed E-state index contributed by atoms with van der Waals surface area (Å²) in [5.74, 6) is 0.716. The first-order valence-corrected chi connectivity index (χ1v) is 12.1. The van der Waals surface area contributed by atoms with Gasteiger partial charge in [0.15, 0.2) is 0 Å². The molecule has 2 saturated heterocycles. The maximum atomic E-state index is 12.4. The van der Waals surface area contributed by atoms with Crippen LogP contribution in [0.5, 0.6) is 0 Å². The molecule has 3 fully saturated rings. The van der Waals surface area contributed by atoms with Crippen molar-refractivity contribution in [2.75, 3.05) is 49.1 Å². The molecule has 3 amide bonds. The van der Waals surface area contributed by atoms with E-state index in [9.17, 15) is 9.59 Å². The summed E-state index contributed by atoms with van der Waals surface area (Å²) in [6, 6.07) is 5.89. The number of urea groups is 1. The smallest absolute Gasteiger partial charge is 0.328 e. The van der Waals surface area contributed by atoms with E-state index < -0.39 is 0 Å². The summed E-state index contributed by atoms with van der Waals surface area (Å²) in [6.07, 6.45) is 12.4. The predicted molar refractivity (Wildman–Crippen MR) is 127 cm³/mol. The van der Waals surface area contributed by atoms with Crippen LogP contribution in [0.4, 0.5) is 16.2 Å². The average Bonchev–Trinajstić information content (AvgIpc) is 2.83. The van der Waals surface area contributed by atoms with E-state index in [1.807, 2.05) is 12.3 Å². The van der Waals surface area contributed by atoms with Crippen LogP contribution < -0.4 is 15.1 Å². The molecule has 3 aliphatic rings. The normalized spacial score (nSPS) is 21.2. The van der Waals surface area contributed by atoms with Gasteiger partial charge in [0.05, 0.1) is 11.9 Å². The lowest BCUT2D eigenvalue weighted by Gasteiger charge is -2.37. The molecule has 1 aliphatic carbocycles. The topological polar surface area (TPSA) is 68.8 Å². The fourth-order valence-electron chi connectivity index (χ4n) is 5.50. The Kier molecular flexibility index (Phi) is 6.26. The van der Waals surface area contributed by atoms with E-state index in [4.69, 9.17) is 0 Å². The Morgan fingerprint density at radius 1 is 0.906 bits per heavy atom. The van der Waals surface area contributed by atoms with Crippen molar-refractivity contribution >= 4 is 34.1 Å². The number of fused-ring (bicyclic) bond motifs is 1. The molecule has 32 heavy (non-hydrogen) atoms. The van der Waals surface area contributed by atoms with Crippen molar-refractivity contribution in [1.29, 1.82) is 0 Å². The Hall–Kier alpha value is -2.67. The number of carbonyl (C=O) groups excluding carboxylic acids is 2. The second-order valence-corrected chi connectivity index (χ2v) is 9.41. The third-order valence-corrected chi connectivity index (χ3v) is 7.40. The number of pyridine rings is 1. The van der Waals surface area contributed by atoms with Gasteiger partial charge in [-0.3, -0.25) is 24.9 Å². The number of hydrogen-bond acceptors (Lipinski definition) is 5. The minimum Gasteiger partial charge on any atom is -0.368 e. The molecule has 0 radical (unpaired) electrons. The van der Waals surface area contributed by atoms with Gasteiger partial charge in [0, 0.05) is 61.8 Å². The average molecular weight is 436 g/mol. The van der Waals surface area contributed by atoms with Crippen molar-refractivity contribution in [3.8, 4) is 0 Å². The number of nitrogens with zero attached hydrogens (tertiary/aromatic N) is 4. The van der Waals surface area contributed by atoms with Crippen molar-refractivity contribution in [1.82, 2.24) is 15.2 Å². The van der Waals surface area contributed by atoms with Crippen molar-refractivity contribution < 1.29 is 9.59 Å². The predicted octanol–water partition coefficient (Wildman–Crippen LogP) is 3.77. The molecule has 7 heteroatoms. The molecule has 1 aromatic carbocycles. The highest BCUT2D eigenvalue weighted by molar-refractivity contribution is 6.11. The van der Waals surface area contributed by atoms with Gasteiger partial charge in [-0.05, 0) is 24.9 Å². The van der Waals surface area contributed by atoms with Gasteiger partial charge in [-0.1, -0.05) is 44.2 Å². The molecular weight excluding hydrogens is 402 g/mol. The van der Waals surface area contributed by atoms with Gasteiger partial charge in [-0.15, -0.1) is 0 Å². The second kappa shape index (κ2) is 9.45. The van der Waals surface area contributed by atoms with E-state index in [1.54, 1.807) is 11.1 Å². The van der Waals surface area contributed by atoms with Crippen LogP contribution in [0.15, 0.2) is 30.6 Å². The Morgan fingerprint density at radius 3 is 2.50 bits per heavy atom. The second-order valence-electron chi connectivity index (χ2n) is 9.41. The number of benzene rings is 1. The standard InChI is InChI=1S/C25H33N5O2/c31-24-10-12-30(25(32)27-24)23-18-26-17-21-20(23)7-4-8-22(21)29-15-13-28(14-16-29)11-9-19-5-2-1-3-6-19/h4,7-8,17-19H,1-3,5-6,9-16H2,(H,27,31,32). The third-order valence-electron chi connectivity index (χ3n) is 7.40. The molecule has 1 saturated carbocycles. The molecule has 3 heterocycles. The van der Waals surface area contributed by atoms with E-state index in [-0.39, 0.29) is 11.9 Å². The summed E-state index contributed by atoms with van der Waals surface area (Å²) in [4.78, 5) is 35.1. The molecule has 1 aromatic heterocycles. The number of imide groups is 1. The maximum absolute atomic E-state index is 12.4. The van der Waals surface area contributed by atoms with Crippen LogP contribution in [-0.2, 0) is 4.79 Å². The number of rotatable bonds is 5. The van der Waals surface area contributed by atoms with E-state index in [0.29, 0.717) is 13.0 Å². The van der Waals surface area contributed by atoms with Crippen LogP contribution in [0.25, 0.3) is 10.8 Å². The first-order valence-electron chi connectivity index (χ1n) is 12.1. The van der Waals surface area contributed by atoms with Crippen molar-refractivity contribution in [2.45, 2.75) is 44.9 Å². The quantitative estimate of drug-likeness (QED) is 0.774. The molecule has 0 unspecified atom stereocenters. The van der Waals surface area contributed by atoms with Gasteiger partial charge in [0.2, 0.25) is 5.91 Å². The molecule has 0 bridgehead atoms. The Bertz CT molecular complexity index is 979. The lowest BCUT2D eigenvalue weighted by molar-refractivity contribution is -0.120. The first-order chi connectivity index (χ1) is 15.7. The van der Waals surface area contributed by atoms with Gasteiger partial charge in [0.25, 0.3) is 0 Å². The first kappa shape index (κ1) is 21.2. The number of nitrogens with one attached hydrogen (secondary N) is 1. The maximum Gasteiger partial charge on any atom is 0.328 e. The SMILES string of the molecule is O=C1CCN(c2cncc3c(N4CCN(CCC5CCCCC5)CC4)cccc23)C(=O)N1. The van der Waals surface area contributed by atoms with Crippen LogP contribution in [-0.4, -0.2) is 61.1 Å². The van der Waals surface area contributed by atoms with Crippen molar-refractivity contribution in [3.63, 3.8) is 0 Å². The molecule has 7 nitrogen and oxygen atoms in total. The Labute approximate surface area is 189 Å². The zero-order valence-electron chi connectivity index (χ0n) is 18.8. The van der Waals surface area contributed by atoms with E-state index >= 15 is 0 Å². The Morgan fingerprint density at radius 2 is 1.72 bits per heavy atom. The van der Waals surface area contributed by atoms with Crippen LogP contribution in [0.2, 0.25) is 0 Å². The summed E-state index contributed by atoms with van der Waals surface area (Å²) in [6.45, 7) is 5.80. The minimum atomic E-state index is -0.368. The van der Waals surface area contributed by atoms with E-state index in [0.717, 1.165) is 48.6 Å². The molecule has 0 atom stereocenters. The molecule has 170 valence electrons. The van der Waals surface area contributed by atoms with Gasteiger partial charge in [-0.25, -0.2) is 4.79 Å². The monoisotopic (exact) mass is 435 g/mol. The van der Waals surface area contributed by atoms with Gasteiger partial charge < -0.3 is 4.90 Å². The molecule has 0 spiro atoms. The highest BCUT2D eigenvalue weighted by Crippen LogP contribution is 2.34. The van der Waals surface area contributed by atoms with Gasteiger partial charge in [-0.2, -0.15) is 0 Å². The van der Waals surface area contributed by atoms with Gasteiger partial charge >= 0.3 is 6.03 Å². The fourth-order valence-corrected chi connectivity index (χ4v) is 5.50. The zero-order valence-corrected chi connectivity index (χ0v) is 18.8. The van der Waals surface area contributed by atoms with Crippen LogP contribution in [0.1, 0.15) is 44.9 Å². The summed E-state index contributed by atoms with van der Waals surface area (Å²) in [5.41, 5.74) is 1.94. The lowest BCUT2D eigenvalue weighted by Crippen LogP contribution is -2.49. The number of aromatic nitrogens is 1. The summed E-state index contributed by atoms with van der Waals surface area (Å²) in [7, 11) is 0.